The second-order valence-corrected chi connectivity index (χ2v) is 8.83. The van der Waals surface area contributed by atoms with Gasteiger partial charge >= 0.3 is 0 Å². The van der Waals surface area contributed by atoms with Gasteiger partial charge in [0.1, 0.15) is 11.6 Å². The Morgan fingerprint density at radius 3 is 2.47 bits per heavy atom. The van der Waals surface area contributed by atoms with E-state index in [0.29, 0.717) is 18.9 Å². The van der Waals surface area contributed by atoms with Gasteiger partial charge in [-0.1, -0.05) is 36.4 Å². The van der Waals surface area contributed by atoms with E-state index < -0.39 is 0 Å². The van der Waals surface area contributed by atoms with E-state index in [4.69, 9.17) is 4.98 Å². The number of carbonyl (C=O) groups is 1. The fourth-order valence-electron chi connectivity index (χ4n) is 4.46. The first-order valence-electron chi connectivity index (χ1n) is 11.4. The maximum atomic E-state index is 12.4. The third kappa shape index (κ3) is 5.31. The minimum atomic E-state index is 0.0523. The number of nitrogens with one attached hydrogen (secondary N) is 2. The molecule has 0 bridgehead atoms. The van der Waals surface area contributed by atoms with Gasteiger partial charge in [0.25, 0.3) is 0 Å². The van der Waals surface area contributed by atoms with Crippen LogP contribution in [0.15, 0.2) is 54.6 Å². The molecule has 0 atom stereocenters. The molecule has 1 saturated carbocycles. The van der Waals surface area contributed by atoms with Crippen molar-refractivity contribution in [2.24, 2.45) is 0 Å². The Bertz CT molecular complexity index is 1070. The van der Waals surface area contributed by atoms with Crippen molar-refractivity contribution < 1.29 is 9.90 Å². The van der Waals surface area contributed by atoms with E-state index in [1.807, 2.05) is 24.3 Å². The van der Waals surface area contributed by atoms with Crippen molar-refractivity contribution in [3.63, 3.8) is 0 Å². The Labute approximate surface area is 189 Å². The highest BCUT2D eigenvalue weighted by molar-refractivity contribution is 5.93. The smallest absolute Gasteiger partial charge is 0.220 e. The molecule has 3 aromatic rings. The zero-order valence-electron chi connectivity index (χ0n) is 18.8. The monoisotopic (exact) mass is 432 g/mol. The lowest BCUT2D eigenvalue weighted by atomic mass is 9.91. The van der Waals surface area contributed by atoms with Gasteiger partial charge in [-0.3, -0.25) is 4.79 Å². The van der Waals surface area contributed by atoms with E-state index in [1.165, 1.54) is 0 Å². The number of hydrogen-bond acceptors (Lipinski definition) is 5. The van der Waals surface area contributed by atoms with Crippen LogP contribution in [0.5, 0.6) is 5.75 Å². The van der Waals surface area contributed by atoms with E-state index in [2.05, 4.69) is 47.8 Å². The lowest BCUT2D eigenvalue weighted by Gasteiger charge is -2.30. The van der Waals surface area contributed by atoms with Gasteiger partial charge in [0, 0.05) is 49.7 Å². The van der Waals surface area contributed by atoms with Gasteiger partial charge in [-0.05, 0) is 49.8 Å². The number of aromatic hydroxyl groups is 1. The normalized spacial score (nSPS) is 18.3. The minimum absolute atomic E-state index is 0.0523. The molecule has 6 heteroatoms. The van der Waals surface area contributed by atoms with Crippen molar-refractivity contribution in [3.05, 3.63) is 60.2 Å². The number of anilines is 2. The molecule has 2 aromatic carbocycles. The van der Waals surface area contributed by atoms with Crippen LogP contribution in [0.1, 0.15) is 37.7 Å². The number of aryl methyl sites for hydroxylation is 1. The number of para-hydroxylation sites is 2. The van der Waals surface area contributed by atoms with Crippen molar-refractivity contribution in [1.29, 1.82) is 0 Å². The third-order valence-electron chi connectivity index (χ3n) is 6.23. The van der Waals surface area contributed by atoms with E-state index >= 15 is 0 Å². The third-order valence-corrected chi connectivity index (χ3v) is 6.23. The first-order chi connectivity index (χ1) is 15.5. The van der Waals surface area contributed by atoms with Crippen molar-refractivity contribution >= 4 is 28.3 Å². The Hall–Kier alpha value is -3.28. The number of amides is 1. The number of carbonyl (C=O) groups excluding carboxylic acids is 1. The number of benzene rings is 2. The molecule has 0 unspecified atom stereocenters. The molecule has 0 saturated heterocycles. The summed E-state index contributed by atoms with van der Waals surface area (Å²) in [4.78, 5) is 19.3. The SMILES string of the molecule is CN(C)c1cc(N[C@H]2CC[C@@H](NC(=O)CCc3ccccc3O)CC2)nc2ccccc12. The molecule has 0 radical (unpaired) electrons. The number of rotatable bonds is 7. The summed E-state index contributed by atoms with van der Waals surface area (Å²) in [6, 6.07) is 18.1. The molecule has 1 aromatic heterocycles. The zero-order chi connectivity index (χ0) is 22.5. The summed E-state index contributed by atoms with van der Waals surface area (Å²) < 4.78 is 0. The highest BCUT2D eigenvalue weighted by Gasteiger charge is 2.23. The van der Waals surface area contributed by atoms with Crippen LogP contribution >= 0.6 is 0 Å². The number of phenols is 1. The van der Waals surface area contributed by atoms with Crippen LogP contribution in [0.2, 0.25) is 0 Å². The van der Waals surface area contributed by atoms with E-state index in [9.17, 15) is 9.90 Å². The molecule has 4 rings (SSSR count). The Balaban J connectivity index is 1.29. The molecule has 1 heterocycles. The Kier molecular flexibility index (Phi) is 6.78. The molecule has 0 aliphatic heterocycles. The lowest BCUT2D eigenvalue weighted by Crippen LogP contribution is -2.40. The van der Waals surface area contributed by atoms with E-state index in [1.54, 1.807) is 12.1 Å². The average molecular weight is 433 g/mol. The predicted molar refractivity (Wildman–Crippen MR) is 130 cm³/mol. The fraction of sp³-hybridized carbons (Fsp3) is 0.385. The summed E-state index contributed by atoms with van der Waals surface area (Å²) in [7, 11) is 4.11. The number of fused-ring (bicyclic) bond motifs is 1. The first kappa shape index (κ1) is 21.9. The van der Waals surface area contributed by atoms with Crippen LogP contribution in [0.3, 0.4) is 0 Å². The fourth-order valence-corrected chi connectivity index (χ4v) is 4.46. The van der Waals surface area contributed by atoms with Crippen LogP contribution in [-0.4, -0.2) is 42.2 Å². The maximum absolute atomic E-state index is 12.4. The van der Waals surface area contributed by atoms with E-state index in [-0.39, 0.29) is 17.7 Å². The molecule has 6 nitrogen and oxygen atoms in total. The summed E-state index contributed by atoms with van der Waals surface area (Å²) in [5.74, 6) is 1.21. The highest BCUT2D eigenvalue weighted by Crippen LogP contribution is 2.29. The number of phenolic OH excluding ortho intramolecular Hbond substituents is 1. The summed E-state index contributed by atoms with van der Waals surface area (Å²) >= 11 is 0. The molecule has 3 N–H and O–H groups in total. The molecule has 0 spiro atoms. The molecule has 1 amide bonds. The molecule has 1 aliphatic carbocycles. The number of nitrogens with zero attached hydrogens (tertiary/aromatic N) is 2. The van der Waals surface area contributed by atoms with Crippen LogP contribution in [0.4, 0.5) is 11.5 Å². The Morgan fingerprint density at radius 2 is 1.72 bits per heavy atom. The van der Waals surface area contributed by atoms with Crippen LogP contribution in [0, 0.1) is 0 Å². The van der Waals surface area contributed by atoms with Crippen molar-refractivity contribution in [3.8, 4) is 5.75 Å². The van der Waals surface area contributed by atoms with Crippen molar-refractivity contribution in [1.82, 2.24) is 10.3 Å². The molecule has 1 aliphatic rings. The zero-order valence-corrected chi connectivity index (χ0v) is 18.8. The standard InChI is InChI=1S/C26H32N4O2/c1-30(2)23-17-25(29-22-9-5-4-8-21(22)23)27-19-12-14-20(15-13-19)28-26(32)16-11-18-7-3-6-10-24(18)31/h3-10,17,19-20,31H,11-16H2,1-2H3,(H,27,29)(H,28,32)/t19-,20+. The van der Waals surface area contributed by atoms with Crippen molar-refractivity contribution in [2.45, 2.75) is 50.6 Å². The van der Waals surface area contributed by atoms with Gasteiger partial charge in [0.2, 0.25) is 5.91 Å². The topological polar surface area (TPSA) is 77.5 Å². The number of aromatic nitrogens is 1. The summed E-state index contributed by atoms with van der Waals surface area (Å²) in [5.41, 5.74) is 2.96. The lowest BCUT2D eigenvalue weighted by molar-refractivity contribution is -0.122. The average Bonchev–Trinajstić information content (AvgIpc) is 2.79. The van der Waals surface area contributed by atoms with Gasteiger partial charge in [-0.25, -0.2) is 4.98 Å². The quantitative estimate of drug-likeness (QED) is 0.513. The van der Waals surface area contributed by atoms with Gasteiger partial charge in [-0.15, -0.1) is 0 Å². The predicted octanol–water partition coefficient (Wildman–Crippen LogP) is 4.48. The van der Waals surface area contributed by atoms with E-state index in [0.717, 1.165) is 53.7 Å². The molecule has 168 valence electrons. The summed E-state index contributed by atoms with van der Waals surface area (Å²) in [6.45, 7) is 0. The number of pyridine rings is 1. The Morgan fingerprint density at radius 1 is 1.03 bits per heavy atom. The van der Waals surface area contributed by atoms with Gasteiger partial charge in [-0.2, -0.15) is 0 Å². The summed E-state index contributed by atoms with van der Waals surface area (Å²) in [6.07, 6.45) is 4.84. The largest absolute Gasteiger partial charge is 0.508 e. The van der Waals surface area contributed by atoms with Crippen LogP contribution < -0.4 is 15.5 Å². The molecule has 1 fully saturated rings. The molecular formula is C26H32N4O2. The van der Waals surface area contributed by atoms with Gasteiger partial charge < -0.3 is 20.6 Å². The van der Waals surface area contributed by atoms with Gasteiger partial charge in [0.15, 0.2) is 0 Å². The molecular weight excluding hydrogens is 400 g/mol. The van der Waals surface area contributed by atoms with Crippen molar-refractivity contribution in [2.75, 3.05) is 24.3 Å². The number of hydrogen-bond donors (Lipinski definition) is 3. The first-order valence-corrected chi connectivity index (χ1v) is 11.4. The van der Waals surface area contributed by atoms with Crippen LogP contribution in [0.25, 0.3) is 10.9 Å². The highest BCUT2D eigenvalue weighted by atomic mass is 16.3. The second-order valence-electron chi connectivity index (χ2n) is 8.83. The van der Waals surface area contributed by atoms with Gasteiger partial charge in [0.05, 0.1) is 5.52 Å². The molecule has 32 heavy (non-hydrogen) atoms. The van der Waals surface area contributed by atoms with Crippen LogP contribution in [-0.2, 0) is 11.2 Å². The second kappa shape index (κ2) is 9.90. The summed E-state index contributed by atoms with van der Waals surface area (Å²) in [5, 5.41) is 17.8. The maximum Gasteiger partial charge on any atom is 0.220 e. The minimum Gasteiger partial charge on any atom is -0.508 e.